The molecule has 0 bridgehead atoms. The molecule has 1 saturated carbocycles. The van der Waals surface area contributed by atoms with Gasteiger partial charge in [0.1, 0.15) is 11.4 Å². The molecule has 2 heteroatoms. The van der Waals surface area contributed by atoms with Gasteiger partial charge in [-0.2, -0.15) is 0 Å². The second-order valence-electron chi connectivity index (χ2n) is 4.47. The topological polar surface area (TPSA) is 29.5 Å². The van der Waals surface area contributed by atoms with Crippen LogP contribution >= 0.6 is 0 Å². The highest BCUT2D eigenvalue weighted by Crippen LogP contribution is 2.34. The average Bonchev–Trinajstić information content (AvgIpc) is 2.67. The minimum absolute atomic E-state index is 0.126. The zero-order valence-electron chi connectivity index (χ0n) is 9.20. The molecule has 0 atom stereocenters. The van der Waals surface area contributed by atoms with Crippen LogP contribution < -0.4 is 4.74 Å². The van der Waals surface area contributed by atoms with Gasteiger partial charge < -0.3 is 9.84 Å². The number of hydrogen-bond acceptors (Lipinski definition) is 2. The molecular weight excluding hydrogens is 188 g/mol. The lowest BCUT2D eigenvalue weighted by Gasteiger charge is -2.28. The third-order valence-corrected chi connectivity index (χ3v) is 3.13. The van der Waals surface area contributed by atoms with Crippen molar-refractivity contribution in [3.05, 3.63) is 29.8 Å². The fraction of sp³-hybridized carbons (Fsp3) is 0.538. The highest BCUT2D eigenvalue weighted by molar-refractivity contribution is 5.28. The van der Waals surface area contributed by atoms with Crippen molar-refractivity contribution in [1.29, 1.82) is 0 Å². The minimum Gasteiger partial charge on any atom is -0.485 e. The van der Waals surface area contributed by atoms with E-state index < -0.39 is 0 Å². The number of hydrogen-bond donors (Lipinski definition) is 1. The van der Waals surface area contributed by atoms with Crippen LogP contribution in [-0.4, -0.2) is 17.3 Å². The molecule has 1 aliphatic rings. The molecule has 82 valence electrons. The second kappa shape index (κ2) is 4.23. The summed E-state index contributed by atoms with van der Waals surface area (Å²) in [6.45, 7) is 2.17. The maximum atomic E-state index is 9.42. The van der Waals surface area contributed by atoms with Crippen molar-refractivity contribution in [2.45, 2.75) is 38.2 Å². The van der Waals surface area contributed by atoms with Crippen molar-refractivity contribution in [2.24, 2.45) is 0 Å². The van der Waals surface area contributed by atoms with Crippen molar-refractivity contribution in [3.8, 4) is 5.75 Å². The van der Waals surface area contributed by atoms with Gasteiger partial charge in [-0.1, -0.05) is 12.1 Å². The van der Waals surface area contributed by atoms with Crippen LogP contribution in [0.15, 0.2) is 24.3 Å². The molecule has 0 aliphatic heterocycles. The van der Waals surface area contributed by atoms with Crippen molar-refractivity contribution in [1.82, 2.24) is 0 Å². The van der Waals surface area contributed by atoms with Gasteiger partial charge in [0, 0.05) is 0 Å². The van der Waals surface area contributed by atoms with Crippen LogP contribution in [0, 0.1) is 6.92 Å². The molecule has 15 heavy (non-hydrogen) atoms. The van der Waals surface area contributed by atoms with Crippen LogP contribution in [0.4, 0.5) is 0 Å². The van der Waals surface area contributed by atoms with Gasteiger partial charge in [0.25, 0.3) is 0 Å². The lowest BCUT2D eigenvalue weighted by Crippen LogP contribution is -2.36. The predicted octanol–water partition coefficient (Wildman–Crippen LogP) is 2.68. The monoisotopic (exact) mass is 206 g/mol. The van der Waals surface area contributed by atoms with Crippen molar-refractivity contribution < 1.29 is 9.84 Å². The Morgan fingerprint density at radius 1 is 1.33 bits per heavy atom. The summed E-state index contributed by atoms with van der Waals surface area (Å²) in [7, 11) is 0. The Morgan fingerprint density at radius 2 is 2.07 bits per heavy atom. The van der Waals surface area contributed by atoms with E-state index in [1.807, 2.05) is 31.2 Å². The first-order valence-corrected chi connectivity index (χ1v) is 5.61. The molecule has 1 aliphatic carbocycles. The number of ether oxygens (including phenoxy) is 1. The Kier molecular flexibility index (Phi) is 2.96. The molecule has 0 unspecified atom stereocenters. The molecule has 1 fully saturated rings. The van der Waals surface area contributed by atoms with E-state index in [-0.39, 0.29) is 12.2 Å². The predicted molar refractivity (Wildman–Crippen MR) is 60.1 cm³/mol. The number of rotatable bonds is 3. The van der Waals surface area contributed by atoms with Crippen LogP contribution in [0.25, 0.3) is 0 Å². The van der Waals surface area contributed by atoms with E-state index in [1.165, 1.54) is 5.56 Å². The highest BCUT2D eigenvalue weighted by atomic mass is 16.5. The van der Waals surface area contributed by atoms with Crippen LogP contribution in [0.1, 0.15) is 31.2 Å². The summed E-state index contributed by atoms with van der Waals surface area (Å²) in [5, 5.41) is 9.42. The standard InChI is InChI=1S/C13H18O2/c1-11-5-4-6-12(9-11)15-13(10-14)7-2-3-8-13/h4-6,9,14H,2-3,7-8,10H2,1H3. The van der Waals surface area contributed by atoms with Gasteiger partial charge in [-0.3, -0.25) is 0 Å². The maximum absolute atomic E-state index is 9.42. The van der Waals surface area contributed by atoms with E-state index in [9.17, 15) is 5.11 Å². The van der Waals surface area contributed by atoms with E-state index in [0.29, 0.717) is 0 Å². The first-order valence-electron chi connectivity index (χ1n) is 5.61. The Morgan fingerprint density at radius 3 is 2.67 bits per heavy atom. The summed E-state index contributed by atoms with van der Waals surface area (Å²) in [6.07, 6.45) is 4.26. The van der Waals surface area contributed by atoms with Crippen molar-refractivity contribution in [3.63, 3.8) is 0 Å². The normalized spacial score (nSPS) is 19.1. The van der Waals surface area contributed by atoms with E-state index in [4.69, 9.17) is 4.74 Å². The van der Waals surface area contributed by atoms with E-state index in [1.54, 1.807) is 0 Å². The smallest absolute Gasteiger partial charge is 0.132 e. The molecule has 0 spiro atoms. The Balaban J connectivity index is 2.12. The van der Waals surface area contributed by atoms with Crippen LogP contribution in [-0.2, 0) is 0 Å². The Hall–Kier alpha value is -1.02. The maximum Gasteiger partial charge on any atom is 0.132 e. The van der Waals surface area contributed by atoms with Gasteiger partial charge in [-0.05, 0) is 50.3 Å². The minimum atomic E-state index is -0.312. The average molecular weight is 206 g/mol. The summed E-state index contributed by atoms with van der Waals surface area (Å²) in [4.78, 5) is 0. The molecule has 1 aromatic rings. The number of aryl methyl sites for hydroxylation is 1. The van der Waals surface area contributed by atoms with E-state index in [2.05, 4.69) is 0 Å². The van der Waals surface area contributed by atoms with Crippen molar-refractivity contribution in [2.75, 3.05) is 6.61 Å². The van der Waals surface area contributed by atoms with Crippen LogP contribution in [0.2, 0.25) is 0 Å². The van der Waals surface area contributed by atoms with E-state index in [0.717, 1.165) is 31.4 Å². The summed E-state index contributed by atoms with van der Waals surface area (Å²) in [5.74, 6) is 0.881. The third kappa shape index (κ3) is 2.32. The number of aliphatic hydroxyl groups is 1. The second-order valence-corrected chi connectivity index (χ2v) is 4.47. The zero-order valence-corrected chi connectivity index (χ0v) is 9.20. The largest absolute Gasteiger partial charge is 0.485 e. The highest BCUT2D eigenvalue weighted by Gasteiger charge is 2.35. The number of benzene rings is 1. The third-order valence-electron chi connectivity index (χ3n) is 3.13. The molecular formula is C13H18O2. The summed E-state index contributed by atoms with van der Waals surface area (Å²) >= 11 is 0. The van der Waals surface area contributed by atoms with Gasteiger partial charge in [0.15, 0.2) is 0 Å². The quantitative estimate of drug-likeness (QED) is 0.824. The van der Waals surface area contributed by atoms with Crippen molar-refractivity contribution >= 4 is 0 Å². The molecule has 0 saturated heterocycles. The molecule has 2 rings (SSSR count). The molecule has 0 heterocycles. The van der Waals surface area contributed by atoms with Crippen LogP contribution in [0.3, 0.4) is 0 Å². The molecule has 0 aromatic heterocycles. The Labute approximate surface area is 90.9 Å². The summed E-state index contributed by atoms with van der Waals surface area (Å²) in [6, 6.07) is 8.02. The molecule has 0 radical (unpaired) electrons. The van der Waals surface area contributed by atoms with Gasteiger partial charge in [0.2, 0.25) is 0 Å². The number of aliphatic hydroxyl groups excluding tert-OH is 1. The summed E-state index contributed by atoms with van der Waals surface area (Å²) < 4.78 is 5.94. The fourth-order valence-corrected chi connectivity index (χ4v) is 2.24. The first kappa shape index (κ1) is 10.5. The summed E-state index contributed by atoms with van der Waals surface area (Å²) in [5.41, 5.74) is 0.881. The molecule has 0 amide bonds. The van der Waals surface area contributed by atoms with Gasteiger partial charge in [-0.15, -0.1) is 0 Å². The SMILES string of the molecule is Cc1cccc(OC2(CO)CCCC2)c1. The van der Waals surface area contributed by atoms with Gasteiger partial charge in [0.05, 0.1) is 6.61 Å². The fourth-order valence-electron chi connectivity index (χ4n) is 2.24. The van der Waals surface area contributed by atoms with Gasteiger partial charge in [-0.25, -0.2) is 0 Å². The lowest BCUT2D eigenvalue weighted by atomic mass is 10.0. The molecule has 2 nitrogen and oxygen atoms in total. The Bertz CT molecular complexity index is 327. The molecule has 1 aromatic carbocycles. The first-order chi connectivity index (χ1) is 7.24. The zero-order chi connectivity index (χ0) is 10.7. The van der Waals surface area contributed by atoms with Crippen LogP contribution in [0.5, 0.6) is 5.75 Å². The molecule has 1 N–H and O–H groups in total. The van der Waals surface area contributed by atoms with Gasteiger partial charge >= 0.3 is 0 Å². The lowest BCUT2D eigenvalue weighted by molar-refractivity contribution is 0.0151. The van der Waals surface area contributed by atoms with E-state index >= 15 is 0 Å².